The summed E-state index contributed by atoms with van der Waals surface area (Å²) < 4.78 is 0. The molecule has 82 valence electrons. The van der Waals surface area contributed by atoms with Crippen LogP contribution in [0.4, 0.5) is 0 Å². The Hall–Kier alpha value is -1.06. The number of carbonyl (C=O) groups excluding carboxylic acids is 1. The van der Waals surface area contributed by atoms with Crippen LogP contribution in [0.25, 0.3) is 0 Å². The zero-order valence-electron chi connectivity index (χ0n) is 8.96. The summed E-state index contributed by atoms with van der Waals surface area (Å²) in [5.74, 6) is -0.0839. The van der Waals surface area contributed by atoms with E-state index in [1.165, 1.54) is 0 Å². The van der Waals surface area contributed by atoms with E-state index in [1.54, 1.807) is 24.3 Å². The zero-order chi connectivity index (χ0) is 11.3. The molecule has 0 aromatic heterocycles. The van der Waals surface area contributed by atoms with Crippen LogP contribution in [0.5, 0.6) is 0 Å². The number of benzene rings is 1. The van der Waals surface area contributed by atoms with Crippen LogP contribution >= 0.6 is 11.6 Å². The highest BCUT2D eigenvalue weighted by Gasteiger charge is 2.04. The van der Waals surface area contributed by atoms with E-state index in [0.29, 0.717) is 17.1 Å². The number of halogens is 1. The van der Waals surface area contributed by atoms with Gasteiger partial charge in [0.1, 0.15) is 0 Å². The molecular formula is C11H15ClN2O. The quantitative estimate of drug-likeness (QED) is 0.847. The van der Waals surface area contributed by atoms with E-state index < -0.39 is 0 Å². The van der Waals surface area contributed by atoms with Gasteiger partial charge in [-0.2, -0.15) is 0 Å². The molecule has 0 atom stereocenters. The summed E-state index contributed by atoms with van der Waals surface area (Å²) in [6.07, 6.45) is 0. The minimum absolute atomic E-state index is 0.0839. The van der Waals surface area contributed by atoms with Gasteiger partial charge in [-0.1, -0.05) is 17.7 Å². The molecule has 0 spiro atoms. The highest BCUT2D eigenvalue weighted by Crippen LogP contribution is 2.10. The topological polar surface area (TPSA) is 32.3 Å². The molecule has 0 saturated heterocycles. The van der Waals surface area contributed by atoms with Gasteiger partial charge in [0.15, 0.2) is 0 Å². The summed E-state index contributed by atoms with van der Waals surface area (Å²) in [6, 6.07) is 6.92. The van der Waals surface area contributed by atoms with Gasteiger partial charge >= 0.3 is 0 Å². The van der Waals surface area contributed by atoms with Crippen LogP contribution in [-0.4, -0.2) is 38.0 Å². The Morgan fingerprint density at radius 3 is 2.80 bits per heavy atom. The highest BCUT2D eigenvalue weighted by molar-refractivity contribution is 6.30. The van der Waals surface area contributed by atoms with E-state index in [1.807, 2.05) is 19.0 Å². The molecule has 0 saturated carbocycles. The lowest BCUT2D eigenvalue weighted by atomic mass is 10.2. The SMILES string of the molecule is CN(C)CCNC(=O)c1cccc(Cl)c1. The Bertz CT molecular complexity index is 339. The molecule has 15 heavy (non-hydrogen) atoms. The van der Waals surface area contributed by atoms with Crippen molar-refractivity contribution in [2.24, 2.45) is 0 Å². The molecule has 4 heteroatoms. The van der Waals surface area contributed by atoms with Crippen molar-refractivity contribution in [3.8, 4) is 0 Å². The van der Waals surface area contributed by atoms with Crippen molar-refractivity contribution in [1.82, 2.24) is 10.2 Å². The van der Waals surface area contributed by atoms with Crippen molar-refractivity contribution < 1.29 is 4.79 Å². The number of hydrogen-bond acceptors (Lipinski definition) is 2. The fourth-order valence-electron chi connectivity index (χ4n) is 1.12. The van der Waals surface area contributed by atoms with Crippen molar-refractivity contribution in [1.29, 1.82) is 0 Å². The molecule has 0 heterocycles. The minimum Gasteiger partial charge on any atom is -0.351 e. The number of hydrogen-bond donors (Lipinski definition) is 1. The number of likely N-dealkylation sites (N-methyl/N-ethyl adjacent to an activating group) is 1. The molecule has 0 aliphatic heterocycles. The van der Waals surface area contributed by atoms with Crippen LogP contribution in [0.2, 0.25) is 5.02 Å². The van der Waals surface area contributed by atoms with Crippen LogP contribution in [0, 0.1) is 0 Å². The Kier molecular flexibility index (Phi) is 4.59. The third-order valence-electron chi connectivity index (χ3n) is 1.93. The summed E-state index contributed by atoms with van der Waals surface area (Å²) >= 11 is 5.79. The maximum Gasteiger partial charge on any atom is 0.251 e. The minimum atomic E-state index is -0.0839. The van der Waals surface area contributed by atoms with Gasteiger partial charge in [0, 0.05) is 23.7 Å². The average molecular weight is 227 g/mol. The second-order valence-electron chi connectivity index (χ2n) is 3.57. The van der Waals surface area contributed by atoms with Crippen molar-refractivity contribution >= 4 is 17.5 Å². The number of amides is 1. The molecule has 0 radical (unpaired) electrons. The first-order valence-corrected chi connectivity index (χ1v) is 5.16. The van der Waals surface area contributed by atoms with Crippen LogP contribution in [0.1, 0.15) is 10.4 Å². The van der Waals surface area contributed by atoms with Gasteiger partial charge in [-0.25, -0.2) is 0 Å². The highest BCUT2D eigenvalue weighted by atomic mass is 35.5. The summed E-state index contributed by atoms with van der Waals surface area (Å²) in [7, 11) is 3.93. The maximum absolute atomic E-state index is 11.6. The van der Waals surface area contributed by atoms with Crippen LogP contribution in [0.3, 0.4) is 0 Å². The van der Waals surface area contributed by atoms with E-state index in [0.717, 1.165) is 6.54 Å². The second-order valence-corrected chi connectivity index (χ2v) is 4.01. The van der Waals surface area contributed by atoms with Gasteiger partial charge in [-0.05, 0) is 32.3 Å². The number of nitrogens with zero attached hydrogens (tertiary/aromatic N) is 1. The standard InChI is InChI=1S/C11H15ClN2O/c1-14(2)7-6-13-11(15)9-4-3-5-10(12)8-9/h3-5,8H,6-7H2,1-2H3,(H,13,15). The lowest BCUT2D eigenvalue weighted by Gasteiger charge is -2.10. The molecule has 0 unspecified atom stereocenters. The van der Waals surface area contributed by atoms with E-state index in [-0.39, 0.29) is 5.91 Å². The predicted molar refractivity (Wildman–Crippen MR) is 62.3 cm³/mol. The molecule has 1 amide bonds. The number of rotatable bonds is 4. The van der Waals surface area contributed by atoms with Crippen LogP contribution < -0.4 is 5.32 Å². The first kappa shape index (κ1) is 12.0. The normalized spacial score (nSPS) is 10.4. The lowest BCUT2D eigenvalue weighted by molar-refractivity contribution is 0.0951. The first-order chi connectivity index (χ1) is 7.09. The number of nitrogens with one attached hydrogen (secondary N) is 1. The van der Waals surface area contributed by atoms with E-state index in [2.05, 4.69) is 5.32 Å². The largest absolute Gasteiger partial charge is 0.351 e. The molecule has 1 rings (SSSR count). The molecule has 1 aromatic rings. The fraction of sp³-hybridized carbons (Fsp3) is 0.364. The number of carbonyl (C=O) groups is 1. The molecular weight excluding hydrogens is 212 g/mol. The van der Waals surface area contributed by atoms with Crippen molar-refractivity contribution in [2.75, 3.05) is 27.2 Å². The van der Waals surface area contributed by atoms with E-state index >= 15 is 0 Å². The zero-order valence-corrected chi connectivity index (χ0v) is 9.71. The van der Waals surface area contributed by atoms with Crippen LogP contribution in [-0.2, 0) is 0 Å². The Morgan fingerprint density at radius 2 is 2.20 bits per heavy atom. The van der Waals surface area contributed by atoms with Gasteiger partial charge < -0.3 is 10.2 Å². The fourth-order valence-corrected chi connectivity index (χ4v) is 1.32. The third kappa shape index (κ3) is 4.32. The molecule has 3 nitrogen and oxygen atoms in total. The Morgan fingerprint density at radius 1 is 1.47 bits per heavy atom. The molecule has 1 N–H and O–H groups in total. The van der Waals surface area contributed by atoms with Gasteiger partial charge in [-0.3, -0.25) is 4.79 Å². The van der Waals surface area contributed by atoms with Crippen molar-refractivity contribution in [3.63, 3.8) is 0 Å². The Labute approximate surface area is 95.0 Å². The average Bonchev–Trinajstić information content (AvgIpc) is 2.17. The Balaban J connectivity index is 2.47. The predicted octanol–water partition coefficient (Wildman–Crippen LogP) is 1.63. The molecule has 0 aliphatic rings. The maximum atomic E-state index is 11.6. The van der Waals surface area contributed by atoms with Gasteiger partial charge in [-0.15, -0.1) is 0 Å². The monoisotopic (exact) mass is 226 g/mol. The van der Waals surface area contributed by atoms with Crippen LogP contribution in [0.15, 0.2) is 24.3 Å². The molecule has 1 aromatic carbocycles. The van der Waals surface area contributed by atoms with Crippen molar-refractivity contribution in [2.45, 2.75) is 0 Å². The van der Waals surface area contributed by atoms with Crippen molar-refractivity contribution in [3.05, 3.63) is 34.9 Å². The second kappa shape index (κ2) is 5.73. The molecule has 0 aliphatic carbocycles. The summed E-state index contributed by atoms with van der Waals surface area (Å²) in [4.78, 5) is 13.6. The lowest BCUT2D eigenvalue weighted by Crippen LogP contribution is -2.31. The summed E-state index contributed by atoms with van der Waals surface area (Å²) in [6.45, 7) is 1.46. The van der Waals surface area contributed by atoms with Gasteiger partial charge in [0.25, 0.3) is 5.91 Å². The molecule has 0 fully saturated rings. The summed E-state index contributed by atoms with van der Waals surface area (Å²) in [5.41, 5.74) is 0.598. The van der Waals surface area contributed by atoms with Gasteiger partial charge in [0.2, 0.25) is 0 Å². The van der Waals surface area contributed by atoms with E-state index in [4.69, 9.17) is 11.6 Å². The van der Waals surface area contributed by atoms with Gasteiger partial charge in [0.05, 0.1) is 0 Å². The summed E-state index contributed by atoms with van der Waals surface area (Å²) in [5, 5.41) is 3.40. The third-order valence-corrected chi connectivity index (χ3v) is 2.17. The van der Waals surface area contributed by atoms with E-state index in [9.17, 15) is 4.79 Å². The molecule has 0 bridgehead atoms. The first-order valence-electron chi connectivity index (χ1n) is 4.78. The smallest absolute Gasteiger partial charge is 0.251 e.